The maximum atomic E-state index is 12.7. The Morgan fingerprint density at radius 3 is 2.46 bits per heavy atom. The van der Waals surface area contributed by atoms with Crippen molar-refractivity contribution in [3.63, 3.8) is 0 Å². The minimum Gasteiger partial charge on any atom is -0.398 e. The molecule has 0 atom stereocenters. The molecule has 0 radical (unpaired) electrons. The zero-order valence-electron chi connectivity index (χ0n) is 12.6. The summed E-state index contributed by atoms with van der Waals surface area (Å²) in [5.41, 5.74) is 5.52. The second-order valence-electron chi connectivity index (χ2n) is 5.48. The van der Waals surface area contributed by atoms with E-state index < -0.39 is 11.7 Å². The lowest BCUT2D eigenvalue weighted by Crippen LogP contribution is -2.23. The third-order valence-corrected chi connectivity index (χ3v) is 3.77. The van der Waals surface area contributed by atoms with Crippen LogP contribution < -0.4 is 16.0 Å². The molecule has 1 aromatic heterocycles. The monoisotopic (exact) mass is 336 g/mol. The molecule has 24 heavy (non-hydrogen) atoms. The van der Waals surface area contributed by atoms with E-state index in [0.717, 1.165) is 18.2 Å². The number of hydrogen-bond donors (Lipinski definition) is 2. The predicted molar refractivity (Wildman–Crippen MR) is 85.0 cm³/mol. The Morgan fingerprint density at radius 2 is 1.92 bits per heavy atom. The molecule has 1 amide bonds. The van der Waals surface area contributed by atoms with Crippen molar-refractivity contribution in [2.24, 2.45) is 0 Å². The minimum atomic E-state index is -4.53. The van der Waals surface area contributed by atoms with Crippen molar-refractivity contribution >= 4 is 28.8 Å². The van der Waals surface area contributed by atoms with Gasteiger partial charge in [-0.25, -0.2) is 4.98 Å². The Bertz CT molecular complexity index is 759. The molecular weight excluding hydrogens is 321 g/mol. The number of nitrogen functional groups attached to an aromatic ring is 1. The summed E-state index contributed by atoms with van der Waals surface area (Å²) < 4.78 is 38.0. The average Bonchev–Trinajstić information content (AvgIpc) is 2.93. The van der Waals surface area contributed by atoms with Crippen LogP contribution in [0.25, 0.3) is 0 Å². The van der Waals surface area contributed by atoms with Gasteiger partial charge in [-0.3, -0.25) is 4.79 Å². The molecule has 0 unspecified atom stereocenters. The number of alkyl halides is 3. The highest BCUT2D eigenvalue weighted by atomic mass is 19.4. The third kappa shape index (κ3) is 3.27. The van der Waals surface area contributed by atoms with E-state index in [9.17, 15) is 18.0 Å². The topological polar surface area (TPSA) is 71.2 Å². The largest absolute Gasteiger partial charge is 0.419 e. The molecule has 5 nitrogen and oxygen atoms in total. The smallest absolute Gasteiger partial charge is 0.398 e. The molecule has 1 aliphatic rings. The van der Waals surface area contributed by atoms with Gasteiger partial charge in [-0.1, -0.05) is 0 Å². The molecule has 3 rings (SSSR count). The van der Waals surface area contributed by atoms with E-state index in [4.69, 9.17) is 5.73 Å². The molecule has 2 heterocycles. The fourth-order valence-corrected chi connectivity index (χ4v) is 2.57. The van der Waals surface area contributed by atoms with Crippen molar-refractivity contribution in [2.45, 2.75) is 19.0 Å². The number of nitrogens with two attached hydrogens (primary N) is 1. The van der Waals surface area contributed by atoms with Crippen molar-refractivity contribution in [2.75, 3.05) is 22.5 Å². The van der Waals surface area contributed by atoms with Crippen LogP contribution in [0.1, 0.15) is 18.4 Å². The van der Waals surface area contributed by atoms with Gasteiger partial charge in [-0.05, 0) is 30.7 Å². The third-order valence-electron chi connectivity index (χ3n) is 3.77. The van der Waals surface area contributed by atoms with E-state index in [2.05, 4.69) is 10.3 Å². The Hall–Kier alpha value is -2.77. The van der Waals surface area contributed by atoms with Gasteiger partial charge >= 0.3 is 6.18 Å². The van der Waals surface area contributed by atoms with Crippen LogP contribution in [0.4, 0.5) is 36.1 Å². The molecule has 3 N–H and O–H groups in total. The molecule has 1 aromatic carbocycles. The lowest BCUT2D eigenvalue weighted by Gasteiger charge is -2.16. The van der Waals surface area contributed by atoms with Crippen LogP contribution in [0.15, 0.2) is 36.5 Å². The fraction of sp³-hybridized carbons (Fsp3) is 0.250. The van der Waals surface area contributed by atoms with E-state index in [1.54, 1.807) is 29.2 Å². The normalized spacial score (nSPS) is 15.0. The molecule has 1 saturated heterocycles. The van der Waals surface area contributed by atoms with Crippen LogP contribution in [-0.4, -0.2) is 17.4 Å². The van der Waals surface area contributed by atoms with Crippen LogP contribution in [0.5, 0.6) is 0 Å². The second kappa shape index (κ2) is 6.03. The maximum Gasteiger partial charge on any atom is 0.419 e. The number of anilines is 4. The number of aromatic nitrogens is 1. The lowest BCUT2D eigenvalue weighted by molar-refractivity contribution is -0.137. The second-order valence-corrected chi connectivity index (χ2v) is 5.48. The molecule has 1 fully saturated rings. The Kier molecular flexibility index (Phi) is 4.04. The first-order chi connectivity index (χ1) is 11.3. The summed E-state index contributed by atoms with van der Waals surface area (Å²) in [4.78, 5) is 17.1. The predicted octanol–water partition coefficient (Wildman–Crippen LogP) is 3.55. The molecule has 8 heteroatoms. The molecule has 126 valence electrons. The van der Waals surface area contributed by atoms with Gasteiger partial charge in [0.25, 0.3) is 0 Å². The number of benzene rings is 1. The number of nitrogens with zero attached hydrogens (tertiary/aromatic N) is 2. The number of nitrogens with one attached hydrogen (secondary N) is 1. The summed E-state index contributed by atoms with van der Waals surface area (Å²) >= 11 is 0. The van der Waals surface area contributed by atoms with Crippen LogP contribution >= 0.6 is 0 Å². The average molecular weight is 336 g/mol. The molecule has 2 aromatic rings. The van der Waals surface area contributed by atoms with Gasteiger partial charge in [0.05, 0.1) is 5.56 Å². The van der Waals surface area contributed by atoms with Crippen molar-refractivity contribution in [3.05, 3.63) is 42.1 Å². The van der Waals surface area contributed by atoms with E-state index >= 15 is 0 Å². The molecule has 0 bridgehead atoms. The van der Waals surface area contributed by atoms with Crippen LogP contribution in [-0.2, 0) is 11.0 Å². The van der Waals surface area contributed by atoms with Crippen molar-refractivity contribution < 1.29 is 18.0 Å². The first-order valence-electron chi connectivity index (χ1n) is 7.35. The first-order valence-corrected chi connectivity index (χ1v) is 7.35. The fourth-order valence-electron chi connectivity index (χ4n) is 2.57. The van der Waals surface area contributed by atoms with Crippen molar-refractivity contribution in [3.8, 4) is 0 Å². The summed E-state index contributed by atoms with van der Waals surface area (Å²) in [5.74, 6) is 0.304. The van der Waals surface area contributed by atoms with E-state index in [1.165, 1.54) is 0 Å². The number of hydrogen-bond acceptors (Lipinski definition) is 4. The standard InChI is InChI=1S/C16H15F3N4O/c17-16(18,19)12-9-21-14(8-13(12)20)22-10-3-5-11(6-4-10)23-7-1-2-15(23)24/h3-6,8-9H,1-2,7H2,(H3,20,21,22). The van der Waals surface area contributed by atoms with Gasteiger partial charge in [0.2, 0.25) is 5.91 Å². The highest BCUT2D eigenvalue weighted by Crippen LogP contribution is 2.34. The van der Waals surface area contributed by atoms with E-state index in [0.29, 0.717) is 24.8 Å². The van der Waals surface area contributed by atoms with Crippen LogP contribution in [0, 0.1) is 0 Å². The molecule has 0 spiro atoms. The Labute approximate surface area is 136 Å². The summed E-state index contributed by atoms with van der Waals surface area (Å²) in [6, 6.07) is 8.16. The van der Waals surface area contributed by atoms with Gasteiger partial charge in [0, 0.05) is 42.3 Å². The number of amides is 1. The lowest BCUT2D eigenvalue weighted by atomic mass is 10.2. The zero-order chi connectivity index (χ0) is 17.3. The summed E-state index contributed by atoms with van der Waals surface area (Å²) in [6.07, 6.45) is -2.43. The maximum absolute atomic E-state index is 12.7. The Morgan fingerprint density at radius 1 is 1.21 bits per heavy atom. The van der Waals surface area contributed by atoms with Crippen LogP contribution in [0.2, 0.25) is 0 Å². The van der Waals surface area contributed by atoms with E-state index in [1.807, 2.05) is 0 Å². The van der Waals surface area contributed by atoms with Crippen molar-refractivity contribution in [1.82, 2.24) is 4.98 Å². The van der Waals surface area contributed by atoms with Crippen LogP contribution in [0.3, 0.4) is 0 Å². The number of carbonyl (C=O) groups is 1. The Balaban J connectivity index is 1.74. The van der Waals surface area contributed by atoms with Gasteiger partial charge < -0.3 is 16.0 Å². The molecular formula is C16H15F3N4O. The highest BCUT2D eigenvalue weighted by Gasteiger charge is 2.33. The quantitative estimate of drug-likeness (QED) is 0.899. The summed E-state index contributed by atoms with van der Waals surface area (Å²) in [7, 11) is 0. The molecule has 0 saturated carbocycles. The van der Waals surface area contributed by atoms with Gasteiger partial charge in [-0.15, -0.1) is 0 Å². The number of pyridine rings is 1. The number of rotatable bonds is 3. The summed E-state index contributed by atoms with van der Waals surface area (Å²) in [6.45, 7) is 0.697. The zero-order valence-corrected chi connectivity index (χ0v) is 12.6. The van der Waals surface area contributed by atoms with Crippen molar-refractivity contribution in [1.29, 1.82) is 0 Å². The summed E-state index contributed by atoms with van der Waals surface area (Å²) in [5, 5.41) is 2.89. The molecule has 1 aliphatic heterocycles. The van der Waals surface area contributed by atoms with E-state index in [-0.39, 0.29) is 17.4 Å². The van der Waals surface area contributed by atoms with Gasteiger partial charge in [0.15, 0.2) is 0 Å². The number of carbonyl (C=O) groups excluding carboxylic acids is 1. The first kappa shape index (κ1) is 16.1. The minimum absolute atomic E-state index is 0.0906. The SMILES string of the molecule is Nc1cc(Nc2ccc(N3CCCC3=O)cc2)ncc1C(F)(F)F. The molecule has 0 aliphatic carbocycles. The van der Waals surface area contributed by atoms with Gasteiger partial charge in [0.1, 0.15) is 5.82 Å². The van der Waals surface area contributed by atoms with Gasteiger partial charge in [-0.2, -0.15) is 13.2 Å². The number of halogens is 3. The highest BCUT2D eigenvalue weighted by molar-refractivity contribution is 5.95.